The molecule has 0 unspecified atom stereocenters. The van der Waals surface area contributed by atoms with Crippen LogP contribution in [0.1, 0.15) is 6.92 Å². The number of nitrogens with one attached hydrogen (secondary N) is 1. The van der Waals surface area contributed by atoms with Crippen LogP contribution < -0.4 is 15.8 Å². The van der Waals surface area contributed by atoms with E-state index in [0.717, 1.165) is 0 Å². The van der Waals surface area contributed by atoms with Crippen molar-refractivity contribution >= 4 is 28.8 Å². The predicted molar refractivity (Wildman–Crippen MR) is 74.5 cm³/mol. The largest absolute Gasteiger partial charge is 0.476 e. The van der Waals surface area contributed by atoms with E-state index in [4.69, 9.17) is 22.1 Å². The van der Waals surface area contributed by atoms with E-state index in [1.54, 1.807) is 12.1 Å². The summed E-state index contributed by atoms with van der Waals surface area (Å²) in [6.45, 7) is 2.30. The summed E-state index contributed by atoms with van der Waals surface area (Å²) in [4.78, 5) is 4.19. The van der Waals surface area contributed by atoms with Gasteiger partial charge in [-0.05, 0) is 37.3 Å². The number of halogens is 2. The average molecular weight is 282 g/mol. The van der Waals surface area contributed by atoms with Gasteiger partial charge in [0, 0.05) is 0 Å². The summed E-state index contributed by atoms with van der Waals surface area (Å²) in [5.41, 5.74) is 6.60. The second-order valence-corrected chi connectivity index (χ2v) is 4.18. The molecule has 1 aromatic carbocycles. The number of hydrogen-bond donors (Lipinski definition) is 2. The lowest BCUT2D eigenvalue weighted by Crippen LogP contribution is -2.02. The third-order valence-electron chi connectivity index (χ3n) is 2.36. The number of rotatable bonds is 4. The molecule has 100 valence electrons. The number of nitrogens with zero attached hydrogens (tertiary/aromatic N) is 1. The van der Waals surface area contributed by atoms with Gasteiger partial charge in [-0.25, -0.2) is 4.39 Å². The van der Waals surface area contributed by atoms with Crippen molar-refractivity contribution in [3.63, 3.8) is 0 Å². The number of ether oxygens (including phenoxy) is 1. The molecule has 1 heterocycles. The van der Waals surface area contributed by atoms with Crippen molar-refractivity contribution in [1.82, 2.24) is 4.98 Å². The van der Waals surface area contributed by atoms with Crippen molar-refractivity contribution < 1.29 is 9.13 Å². The minimum atomic E-state index is -0.382. The molecule has 0 atom stereocenters. The number of nitrogens with two attached hydrogens (primary N) is 1. The van der Waals surface area contributed by atoms with Crippen LogP contribution in [0, 0.1) is 5.82 Å². The van der Waals surface area contributed by atoms with Gasteiger partial charge in [0.25, 0.3) is 0 Å². The van der Waals surface area contributed by atoms with Gasteiger partial charge in [0.1, 0.15) is 11.6 Å². The highest BCUT2D eigenvalue weighted by Crippen LogP contribution is 2.27. The molecular weight excluding hydrogens is 269 g/mol. The van der Waals surface area contributed by atoms with Crippen LogP contribution in [-0.2, 0) is 0 Å². The molecule has 0 aliphatic heterocycles. The summed E-state index contributed by atoms with van der Waals surface area (Å²) in [6, 6.07) is 7.38. The maximum Gasteiger partial charge on any atom is 0.239 e. The Labute approximate surface area is 115 Å². The van der Waals surface area contributed by atoms with Gasteiger partial charge in [0.05, 0.1) is 23.0 Å². The van der Waals surface area contributed by atoms with Crippen molar-refractivity contribution in [3.8, 4) is 5.88 Å². The Kier molecular flexibility index (Phi) is 4.06. The fraction of sp³-hybridized carbons (Fsp3) is 0.154. The maximum absolute atomic E-state index is 13.2. The summed E-state index contributed by atoms with van der Waals surface area (Å²) in [7, 11) is 0. The minimum Gasteiger partial charge on any atom is -0.476 e. The van der Waals surface area contributed by atoms with Crippen LogP contribution in [0.3, 0.4) is 0 Å². The van der Waals surface area contributed by atoms with Gasteiger partial charge in [-0.1, -0.05) is 11.6 Å². The van der Waals surface area contributed by atoms with Crippen LogP contribution in [0.5, 0.6) is 5.88 Å². The van der Waals surface area contributed by atoms with Crippen molar-refractivity contribution in [1.29, 1.82) is 0 Å². The Balaban J connectivity index is 2.28. The monoisotopic (exact) mass is 281 g/mol. The van der Waals surface area contributed by atoms with E-state index in [2.05, 4.69) is 10.3 Å². The molecule has 2 rings (SSSR count). The molecule has 0 aliphatic rings. The Bertz CT molecular complexity index is 592. The van der Waals surface area contributed by atoms with Gasteiger partial charge < -0.3 is 15.8 Å². The van der Waals surface area contributed by atoms with Gasteiger partial charge in [0.2, 0.25) is 5.88 Å². The predicted octanol–water partition coefficient (Wildman–Crippen LogP) is 3.60. The van der Waals surface area contributed by atoms with E-state index in [0.29, 0.717) is 34.7 Å². The molecule has 1 aromatic heterocycles. The van der Waals surface area contributed by atoms with Crippen LogP contribution in [0.2, 0.25) is 5.02 Å². The summed E-state index contributed by atoms with van der Waals surface area (Å²) >= 11 is 5.97. The summed E-state index contributed by atoms with van der Waals surface area (Å²) in [6.07, 6.45) is 0. The van der Waals surface area contributed by atoms with Crippen molar-refractivity contribution in [2.45, 2.75) is 6.92 Å². The van der Waals surface area contributed by atoms with Crippen LogP contribution in [-0.4, -0.2) is 11.6 Å². The van der Waals surface area contributed by atoms with E-state index in [1.165, 1.54) is 18.2 Å². The Morgan fingerprint density at radius 3 is 2.89 bits per heavy atom. The number of nitrogen functional groups attached to an aromatic ring is 1. The van der Waals surface area contributed by atoms with Gasteiger partial charge in [0.15, 0.2) is 0 Å². The first kappa shape index (κ1) is 13.4. The molecule has 0 amide bonds. The summed E-state index contributed by atoms with van der Waals surface area (Å²) in [5.74, 6) is 0.428. The third kappa shape index (κ3) is 3.26. The number of benzene rings is 1. The highest BCUT2D eigenvalue weighted by molar-refractivity contribution is 6.33. The lowest BCUT2D eigenvalue weighted by molar-refractivity contribution is 0.329. The quantitative estimate of drug-likeness (QED) is 0.899. The standard InChI is InChI=1S/C13H13ClFN3O/c1-2-19-13-10(16)5-6-12(18-13)17-11-7-8(15)3-4-9(11)14/h3-7H,2,16H2,1H3,(H,17,18). The highest BCUT2D eigenvalue weighted by Gasteiger charge is 2.07. The molecule has 0 saturated heterocycles. The van der Waals surface area contributed by atoms with E-state index < -0.39 is 0 Å². The van der Waals surface area contributed by atoms with Crippen molar-refractivity contribution in [3.05, 3.63) is 41.2 Å². The SMILES string of the molecule is CCOc1nc(Nc2cc(F)ccc2Cl)ccc1N. The van der Waals surface area contributed by atoms with Crippen LogP contribution in [0.15, 0.2) is 30.3 Å². The molecule has 0 radical (unpaired) electrons. The fourth-order valence-corrected chi connectivity index (χ4v) is 1.67. The number of anilines is 3. The summed E-state index contributed by atoms with van der Waals surface area (Å²) in [5, 5.41) is 3.32. The molecule has 4 nitrogen and oxygen atoms in total. The third-order valence-corrected chi connectivity index (χ3v) is 2.69. The topological polar surface area (TPSA) is 60.2 Å². The van der Waals surface area contributed by atoms with Gasteiger partial charge in [-0.2, -0.15) is 4.98 Å². The summed E-state index contributed by atoms with van der Waals surface area (Å²) < 4.78 is 18.4. The first-order chi connectivity index (χ1) is 9.10. The zero-order chi connectivity index (χ0) is 13.8. The second kappa shape index (κ2) is 5.75. The maximum atomic E-state index is 13.2. The molecule has 19 heavy (non-hydrogen) atoms. The molecule has 0 aliphatic carbocycles. The van der Waals surface area contributed by atoms with Crippen molar-refractivity contribution in [2.24, 2.45) is 0 Å². The average Bonchev–Trinajstić information content (AvgIpc) is 2.38. The van der Waals surface area contributed by atoms with Crippen LogP contribution in [0.4, 0.5) is 21.6 Å². The lowest BCUT2D eigenvalue weighted by atomic mass is 10.3. The zero-order valence-electron chi connectivity index (χ0n) is 10.3. The second-order valence-electron chi connectivity index (χ2n) is 3.77. The van der Waals surface area contributed by atoms with E-state index >= 15 is 0 Å². The molecule has 2 aromatic rings. The first-order valence-electron chi connectivity index (χ1n) is 5.71. The molecular formula is C13H13ClFN3O. The Hall–Kier alpha value is -2.01. The van der Waals surface area contributed by atoms with E-state index in [9.17, 15) is 4.39 Å². The molecule has 0 bridgehead atoms. The molecule has 0 saturated carbocycles. The van der Waals surface area contributed by atoms with Gasteiger partial charge in [-0.15, -0.1) is 0 Å². The van der Waals surface area contributed by atoms with Gasteiger partial charge in [-0.3, -0.25) is 0 Å². The van der Waals surface area contributed by atoms with Gasteiger partial charge >= 0.3 is 0 Å². The molecule has 6 heteroatoms. The minimum absolute atomic E-state index is 0.333. The molecule has 3 N–H and O–H groups in total. The fourth-order valence-electron chi connectivity index (χ4n) is 1.50. The molecule has 0 spiro atoms. The number of hydrogen-bond acceptors (Lipinski definition) is 4. The highest BCUT2D eigenvalue weighted by atomic mass is 35.5. The molecule has 0 fully saturated rings. The normalized spacial score (nSPS) is 10.3. The first-order valence-corrected chi connectivity index (χ1v) is 6.09. The Morgan fingerprint density at radius 2 is 2.16 bits per heavy atom. The number of aromatic nitrogens is 1. The van der Waals surface area contributed by atoms with Crippen LogP contribution >= 0.6 is 11.6 Å². The van der Waals surface area contributed by atoms with E-state index in [-0.39, 0.29) is 5.82 Å². The van der Waals surface area contributed by atoms with E-state index in [1.807, 2.05) is 6.92 Å². The number of pyridine rings is 1. The lowest BCUT2D eigenvalue weighted by Gasteiger charge is -2.10. The van der Waals surface area contributed by atoms with Crippen molar-refractivity contribution in [2.75, 3.05) is 17.7 Å². The van der Waals surface area contributed by atoms with Crippen LogP contribution in [0.25, 0.3) is 0 Å². The smallest absolute Gasteiger partial charge is 0.239 e. The Morgan fingerprint density at radius 1 is 1.37 bits per heavy atom. The zero-order valence-corrected chi connectivity index (χ0v) is 11.0.